The number of nitriles is 1. The molecule has 0 amide bonds. The minimum atomic E-state index is 0.545. The van der Waals surface area contributed by atoms with E-state index in [1.807, 2.05) is 26.0 Å². The van der Waals surface area contributed by atoms with E-state index in [-0.39, 0.29) is 0 Å². The first-order valence-electron chi connectivity index (χ1n) is 5.79. The van der Waals surface area contributed by atoms with Gasteiger partial charge in [0.15, 0.2) is 5.69 Å². The summed E-state index contributed by atoms with van der Waals surface area (Å²) in [5.74, 6) is 1.22. The van der Waals surface area contributed by atoms with Gasteiger partial charge in [0.1, 0.15) is 11.5 Å². The van der Waals surface area contributed by atoms with Gasteiger partial charge in [0.25, 0.3) is 0 Å². The molecule has 0 aliphatic rings. The summed E-state index contributed by atoms with van der Waals surface area (Å²) in [6, 6.07) is 12.8. The Bertz CT molecular complexity index is 644. The van der Waals surface area contributed by atoms with Gasteiger partial charge < -0.3 is 4.74 Å². The molecule has 0 radical (unpaired) electrons. The second-order valence-electron chi connectivity index (χ2n) is 4.36. The SMILES string of the molecule is [C-]#[N+]c1cc(C)cc(Oc2cc(C)cc(C#N)c2)c1. The van der Waals surface area contributed by atoms with E-state index in [9.17, 15) is 0 Å². The van der Waals surface area contributed by atoms with Gasteiger partial charge in [0, 0.05) is 0 Å². The normalized spacial score (nSPS) is 9.47. The first kappa shape index (κ1) is 12.7. The quantitative estimate of drug-likeness (QED) is 0.733. The molecule has 0 aliphatic heterocycles. The number of ether oxygens (including phenoxy) is 1. The molecule has 0 unspecified atom stereocenters. The molecule has 0 saturated carbocycles. The van der Waals surface area contributed by atoms with Crippen LogP contribution in [-0.2, 0) is 0 Å². The van der Waals surface area contributed by atoms with Crippen LogP contribution in [0.15, 0.2) is 36.4 Å². The van der Waals surface area contributed by atoms with Gasteiger partial charge in [-0.15, -0.1) is 0 Å². The van der Waals surface area contributed by atoms with Gasteiger partial charge in [-0.05, 0) is 49.7 Å². The Morgan fingerprint density at radius 2 is 1.63 bits per heavy atom. The maximum atomic E-state index is 8.93. The number of nitrogens with zero attached hydrogens (tertiary/aromatic N) is 2. The fraction of sp³-hybridized carbons (Fsp3) is 0.125. The average Bonchev–Trinajstić information content (AvgIpc) is 2.37. The van der Waals surface area contributed by atoms with Crippen molar-refractivity contribution in [3.05, 3.63) is 64.5 Å². The third-order valence-electron chi connectivity index (χ3n) is 2.58. The maximum absolute atomic E-state index is 8.93. The summed E-state index contributed by atoms with van der Waals surface area (Å²) in [6.45, 7) is 10.9. The largest absolute Gasteiger partial charge is 0.459 e. The molecule has 0 spiro atoms. The Hall–Kier alpha value is -2.78. The fourth-order valence-corrected chi connectivity index (χ4v) is 1.86. The molecule has 2 aromatic carbocycles. The summed E-state index contributed by atoms with van der Waals surface area (Å²) < 4.78 is 5.73. The van der Waals surface area contributed by atoms with Gasteiger partial charge in [-0.1, -0.05) is 11.6 Å². The molecule has 3 nitrogen and oxygen atoms in total. The highest BCUT2D eigenvalue weighted by Gasteiger charge is 2.03. The van der Waals surface area contributed by atoms with Crippen LogP contribution in [0.1, 0.15) is 16.7 Å². The summed E-state index contributed by atoms with van der Waals surface area (Å²) in [6.07, 6.45) is 0. The van der Waals surface area contributed by atoms with E-state index in [2.05, 4.69) is 10.9 Å². The Morgan fingerprint density at radius 1 is 1.00 bits per heavy atom. The lowest BCUT2D eigenvalue weighted by Gasteiger charge is -2.08. The summed E-state index contributed by atoms with van der Waals surface area (Å²) in [5, 5.41) is 8.93. The van der Waals surface area contributed by atoms with Gasteiger partial charge in [0.05, 0.1) is 18.2 Å². The average molecular weight is 248 g/mol. The third-order valence-corrected chi connectivity index (χ3v) is 2.58. The molecular formula is C16H12N2O. The Labute approximate surface area is 112 Å². The molecule has 0 bridgehead atoms. The Balaban J connectivity index is 2.37. The van der Waals surface area contributed by atoms with Crippen molar-refractivity contribution in [2.75, 3.05) is 0 Å². The first-order chi connectivity index (χ1) is 9.10. The number of rotatable bonds is 2. The third kappa shape index (κ3) is 3.12. The molecule has 0 saturated heterocycles. The van der Waals surface area contributed by atoms with Crippen LogP contribution in [-0.4, -0.2) is 0 Å². The van der Waals surface area contributed by atoms with Crippen molar-refractivity contribution >= 4 is 5.69 Å². The molecule has 92 valence electrons. The van der Waals surface area contributed by atoms with Crippen molar-refractivity contribution in [1.82, 2.24) is 0 Å². The number of hydrogen-bond acceptors (Lipinski definition) is 2. The highest BCUT2D eigenvalue weighted by atomic mass is 16.5. The second-order valence-corrected chi connectivity index (χ2v) is 4.36. The first-order valence-corrected chi connectivity index (χ1v) is 5.79. The molecule has 19 heavy (non-hydrogen) atoms. The van der Waals surface area contributed by atoms with Crippen LogP contribution in [0.5, 0.6) is 11.5 Å². The van der Waals surface area contributed by atoms with Crippen LogP contribution in [0.4, 0.5) is 5.69 Å². The van der Waals surface area contributed by atoms with Gasteiger partial charge in [-0.2, -0.15) is 5.26 Å². The Morgan fingerprint density at radius 3 is 2.26 bits per heavy atom. The summed E-state index contributed by atoms with van der Waals surface area (Å²) in [4.78, 5) is 3.40. The minimum Gasteiger partial charge on any atom is -0.459 e. The smallest absolute Gasteiger partial charge is 0.191 e. The van der Waals surface area contributed by atoms with Crippen molar-refractivity contribution in [3.63, 3.8) is 0 Å². The number of aryl methyl sites for hydroxylation is 2. The van der Waals surface area contributed by atoms with Crippen molar-refractivity contribution in [1.29, 1.82) is 5.26 Å². The van der Waals surface area contributed by atoms with Crippen molar-refractivity contribution < 1.29 is 4.74 Å². The van der Waals surface area contributed by atoms with Crippen molar-refractivity contribution in [3.8, 4) is 17.6 Å². The molecule has 3 heteroatoms. The molecule has 0 fully saturated rings. The molecular weight excluding hydrogens is 236 g/mol. The molecule has 0 atom stereocenters. The highest BCUT2D eigenvalue weighted by Crippen LogP contribution is 2.28. The van der Waals surface area contributed by atoms with E-state index < -0.39 is 0 Å². The van der Waals surface area contributed by atoms with E-state index in [0.717, 1.165) is 11.1 Å². The number of hydrogen-bond donors (Lipinski definition) is 0. The van der Waals surface area contributed by atoms with Gasteiger partial charge in [-0.25, -0.2) is 4.85 Å². The lowest BCUT2D eigenvalue weighted by molar-refractivity contribution is 0.482. The van der Waals surface area contributed by atoms with Gasteiger partial charge in [-0.3, -0.25) is 0 Å². The zero-order chi connectivity index (χ0) is 13.8. The molecule has 0 N–H and O–H groups in total. The predicted molar refractivity (Wildman–Crippen MR) is 73.4 cm³/mol. The maximum Gasteiger partial charge on any atom is 0.191 e. The zero-order valence-corrected chi connectivity index (χ0v) is 10.8. The molecule has 0 aromatic heterocycles. The lowest BCUT2D eigenvalue weighted by atomic mass is 10.1. The van der Waals surface area contributed by atoms with Crippen LogP contribution in [0.25, 0.3) is 4.85 Å². The van der Waals surface area contributed by atoms with E-state index in [4.69, 9.17) is 16.6 Å². The second kappa shape index (κ2) is 5.25. The van der Waals surface area contributed by atoms with Crippen molar-refractivity contribution in [2.24, 2.45) is 0 Å². The molecule has 2 rings (SSSR count). The summed E-state index contributed by atoms with van der Waals surface area (Å²) >= 11 is 0. The van der Waals surface area contributed by atoms with E-state index >= 15 is 0 Å². The standard InChI is InChI=1S/C16H12N2O/c1-11-4-13(10-17)8-15(6-11)19-16-7-12(2)5-14(9-16)18-3/h4-9H,1-2H3. The molecule has 0 aliphatic carbocycles. The van der Waals surface area contributed by atoms with E-state index in [1.54, 1.807) is 24.3 Å². The summed E-state index contributed by atoms with van der Waals surface area (Å²) in [7, 11) is 0. The Kier molecular flexibility index (Phi) is 3.50. The van der Waals surface area contributed by atoms with Crippen LogP contribution >= 0.6 is 0 Å². The monoisotopic (exact) mass is 248 g/mol. The zero-order valence-electron chi connectivity index (χ0n) is 10.8. The minimum absolute atomic E-state index is 0.545. The van der Waals surface area contributed by atoms with Gasteiger partial charge in [0.2, 0.25) is 0 Å². The van der Waals surface area contributed by atoms with Crippen LogP contribution in [0, 0.1) is 31.8 Å². The summed E-state index contributed by atoms with van der Waals surface area (Å²) in [5.41, 5.74) is 3.04. The van der Waals surface area contributed by atoms with E-state index in [0.29, 0.717) is 22.7 Å². The lowest BCUT2D eigenvalue weighted by Crippen LogP contribution is -1.87. The van der Waals surface area contributed by atoms with Crippen LogP contribution in [0.2, 0.25) is 0 Å². The topological polar surface area (TPSA) is 37.4 Å². The predicted octanol–water partition coefficient (Wildman–Crippen LogP) is 4.52. The fourth-order valence-electron chi connectivity index (χ4n) is 1.86. The number of benzene rings is 2. The molecule has 0 heterocycles. The van der Waals surface area contributed by atoms with Gasteiger partial charge >= 0.3 is 0 Å². The highest BCUT2D eigenvalue weighted by molar-refractivity contribution is 5.53. The molecule has 2 aromatic rings. The van der Waals surface area contributed by atoms with Crippen LogP contribution in [0.3, 0.4) is 0 Å². The van der Waals surface area contributed by atoms with Crippen LogP contribution < -0.4 is 4.74 Å². The van der Waals surface area contributed by atoms with Crippen molar-refractivity contribution in [2.45, 2.75) is 13.8 Å². The van der Waals surface area contributed by atoms with E-state index in [1.165, 1.54) is 0 Å².